The van der Waals surface area contributed by atoms with Crippen molar-refractivity contribution in [2.24, 2.45) is 0 Å². The minimum Gasteiger partial charge on any atom is -0.373 e. The maximum atomic E-state index is 5.43. The molecule has 1 saturated carbocycles. The van der Waals surface area contributed by atoms with Gasteiger partial charge in [-0.2, -0.15) is 0 Å². The lowest BCUT2D eigenvalue weighted by molar-refractivity contribution is 0.0114. The fraction of sp³-hybridized carbons (Fsp3) is 0.667. The van der Waals surface area contributed by atoms with Crippen LogP contribution in [0.15, 0.2) is 6.07 Å². The lowest BCUT2D eigenvalue weighted by atomic mass is 10.1. The molecule has 1 aliphatic carbocycles. The second-order valence-electron chi connectivity index (χ2n) is 4.74. The van der Waals surface area contributed by atoms with Crippen LogP contribution in [0.5, 0.6) is 0 Å². The predicted octanol–water partition coefficient (Wildman–Crippen LogP) is 2.28. The number of aromatic nitrogens is 2. The first-order valence-corrected chi connectivity index (χ1v) is 5.69. The summed E-state index contributed by atoms with van der Waals surface area (Å²) in [6, 6.07) is 2.03. The average Bonchev–Trinajstić information content (AvgIpc) is 3.12. The zero-order valence-electron chi connectivity index (χ0n) is 10.4. The molecule has 0 saturated heterocycles. The fourth-order valence-electron chi connectivity index (χ4n) is 1.54. The summed E-state index contributed by atoms with van der Waals surface area (Å²) in [6.45, 7) is 3.97. The molecular weight excluding hydrogens is 202 g/mol. The summed E-state index contributed by atoms with van der Waals surface area (Å²) in [4.78, 5) is 9.07. The molecule has 0 atom stereocenters. The Morgan fingerprint density at radius 3 is 2.56 bits per heavy atom. The smallest absolute Gasteiger partial charge is 0.162 e. The molecule has 0 aromatic carbocycles. The SMILES string of the molecule is CNc1cc(C2CC2)nc(C(C)(C)OC)n1. The molecule has 1 aliphatic rings. The van der Waals surface area contributed by atoms with Gasteiger partial charge in [-0.3, -0.25) is 0 Å². The zero-order chi connectivity index (χ0) is 11.8. The summed E-state index contributed by atoms with van der Waals surface area (Å²) < 4.78 is 5.43. The molecule has 0 bridgehead atoms. The van der Waals surface area contributed by atoms with Crippen molar-refractivity contribution in [2.75, 3.05) is 19.5 Å². The second kappa shape index (κ2) is 4.01. The first kappa shape index (κ1) is 11.3. The van der Waals surface area contributed by atoms with E-state index in [0.29, 0.717) is 5.92 Å². The zero-order valence-corrected chi connectivity index (χ0v) is 10.4. The van der Waals surface area contributed by atoms with E-state index in [0.717, 1.165) is 17.3 Å². The van der Waals surface area contributed by atoms with Gasteiger partial charge in [0.2, 0.25) is 0 Å². The van der Waals surface area contributed by atoms with E-state index in [2.05, 4.69) is 15.3 Å². The minimum absolute atomic E-state index is 0.434. The molecule has 0 unspecified atom stereocenters. The van der Waals surface area contributed by atoms with E-state index in [4.69, 9.17) is 4.74 Å². The lowest BCUT2D eigenvalue weighted by Gasteiger charge is -2.22. The first-order valence-electron chi connectivity index (χ1n) is 5.69. The summed E-state index contributed by atoms with van der Waals surface area (Å²) in [5, 5.41) is 3.08. The Morgan fingerprint density at radius 2 is 2.06 bits per heavy atom. The number of hydrogen-bond donors (Lipinski definition) is 1. The van der Waals surface area contributed by atoms with Crippen LogP contribution >= 0.6 is 0 Å². The van der Waals surface area contributed by atoms with E-state index >= 15 is 0 Å². The van der Waals surface area contributed by atoms with Crippen LogP contribution in [0.3, 0.4) is 0 Å². The summed E-state index contributed by atoms with van der Waals surface area (Å²) in [7, 11) is 3.56. The molecule has 16 heavy (non-hydrogen) atoms. The van der Waals surface area contributed by atoms with Gasteiger partial charge in [0.15, 0.2) is 5.82 Å². The molecule has 0 aliphatic heterocycles. The van der Waals surface area contributed by atoms with Gasteiger partial charge >= 0.3 is 0 Å². The molecule has 4 nitrogen and oxygen atoms in total. The average molecular weight is 221 g/mol. The molecule has 1 fully saturated rings. The third-order valence-corrected chi connectivity index (χ3v) is 3.05. The van der Waals surface area contributed by atoms with Gasteiger partial charge in [-0.25, -0.2) is 9.97 Å². The van der Waals surface area contributed by atoms with E-state index < -0.39 is 5.60 Å². The molecule has 2 rings (SSSR count). The van der Waals surface area contributed by atoms with Gasteiger partial charge in [-0.15, -0.1) is 0 Å². The van der Waals surface area contributed by atoms with Crippen molar-refractivity contribution in [2.45, 2.75) is 38.2 Å². The number of rotatable bonds is 4. The highest BCUT2D eigenvalue weighted by atomic mass is 16.5. The third-order valence-electron chi connectivity index (χ3n) is 3.05. The Bertz CT molecular complexity index is 386. The summed E-state index contributed by atoms with van der Waals surface area (Å²) in [5.74, 6) is 2.25. The van der Waals surface area contributed by atoms with E-state index in [1.54, 1.807) is 7.11 Å². The van der Waals surface area contributed by atoms with Gasteiger partial charge in [-0.05, 0) is 26.7 Å². The summed E-state index contributed by atoms with van der Waals surface area (Å²) in [5.41, 5.74) is 0.704. The number of methoxy groups -OCH3 is 1. The minimum atomic E-state index is -0.434. The van der Waals surface area contributed by atoms with Crippen molar-refractivity contribution in [1.29, 1.82) is 0 Å². The molecule has 0 amide bonds. The van der Waals surface area contributed by atoms with Crippen LogP contribution in [0, 0.1) is 0 Å². The van der Waals surface area contributed by atoms with Crippen LogP contribution in [-0.2, 0) is 10.3 Å². The Morgan fingerprint density at radius 1 is 1.38 bits per heavy atom. The molecule has 0 spiro atoms. The van der Waals surface area contributed by atoms with Gasteiger partial charge < -0.3 is 10.1 Å². The van der Waals surface area contributed by atoms with Crippen molar-refractivity contribution in [3.63, 3.8) is 0 Å². The quantitative estimate of drug-likeness (QED) is 0.847. The maximum Gasteiger partial charge on any atom is 0.162 e. The van der Waals surface area contributed by atoms with Crippen molar-refractivity contribution in [3.05, 3.63) is 17.6 Å². The van der Waals surface area contributed by atoms with E-state index in [-0.39, 0.29) is 0 Å². The van der Waals surface area contributed by atoms with Gasteiger partial charge in [-0.1, -0.05) is 0 Å². The number of hydrogen-bond acceptors (Lipinski definition) is 4. The van der Waals surface area contributed by atoms with Crippen LogP contribution in [0.25, 0.3) is 0 Å². The Labute approximate surface area is 96.4 Å². The number of nitrogens with zero attached hydrogens (tertiary/aromatic N) is 2. The van der Waals surface area contributed by atoms with E-state index in [1.807, 2.05) is 27.0 Å². The number of ether oxygens (including phenoxy) is 1. The molecule has 4 heteroatoms. The highest BCUT2D eigenvalue weighted by Gasteiger charge is 2.29. The van der Waals surface area contributed by atoms with Crippen molar-refractivity contribution < 1.29 is 4.74 Å². The monoisotopic (exact) mass is 221 g/mol. The Kier molecular flexibility index (Phi) is 2.84. The predicted molar refractivity (Wildman–Crippen MR) is 63.6 cm³/mol. The summed E-state index contributed by atoms with van der Waals surface area (Å²) >= 11 is 0. The van der Waals surface area contributed by atoms with E-state index in [9.17, 15) is 0 Å². The third kappa shape index (κ3) is 2.16. The van der Waals surface area contributed by atoms with Crippen LogP contribution in [0.2, 0.25) is 0 Å². The topological polar surface area (TPSA) is 47.0 Å². The molecule has 0 radical (unpaired) electrons. The second-order valence-corrected chi connectivity index (χ2v) is 4.74. The largest absolute Gasteiger partial charge is 0.373 e. The molecule has 1 N–H and O–H groups in total. The van der Waals surface area contributed by atoms with E-state index in [1.165, 1.54) is 12.8 Å². The molecular formula is C12H19N3O. The number of anilines is 1. The van der Waals surface area contributed by atoms with Crippen molar-refractivity contribution in [3.8, 4) is 0 Å². The maximum absolute atomic E-state index is 5.43. The molecule has 88 valence electrons. The Balaban J connectivity index is 2.40. The molecule has 1 heterocycles. The van der Waals surface area contributed by atoms with Crippen LogP contribution in [0.1, 0.15) is 44.1 Å². The normalized spacial score (nSPS) is 16.2. The fourth-order valence-corrected chi connectivity index (χ4v) is 1.54. The highest BCUT2D eigenvalue weighted by Crippen LogP contribution is 2.40. The lowest BCUT2D eigenvalue weighted by Crippen LogP contribution is -2.24. The Hall–Kier alpha value is -1.16. The van der Waals surface area contributed by atoms with Gasteiger partial charge in [0.05, 0.1) is 0 Å². The standard InChI is InChI=1S/C12H19N3O/c1-12(2,16-4)11-14-9(8-5-6-8)7-10(13-3)15-11/h7-8H,5-6H2,1-4H3,(H,13,14,15). The number of nitrogens with one attached hydrogen (secondary N) is 1. The molecule has 1 aromatic rings. The van der Waals surface area contributed by atoms with Gasteiger partial charge in [0, 0.05) is 31.8 Å². The van der Waals surface area contributed by atoms with Crippen LogP contribution < -0.4 is 5.32 Å². The van der Waals surface area contributed by atoms with Crippen LogP contribution in [-0.4, -0.2) is 24.1 Å². The first-order chi connectivity index (χ1) is 7.56. The van der Waals surface area contributed by atoms with Gasteiger partial charge in [0.1, 0.15) is 11.4 Å². The highest BCUT2D eigenvalue weighted by molar-refractivity contribution is 5.38. The van der Waals surface area contributed by atoms with Crippen molar-refractivity contribution in [1.82, 2.24) is 9.97 Å². The summed E-state index contributed by atoms with van der Waals surface area (Å²) in [6.07, 6.45) is 2.49. The van der Waals surface area contributed by atoms with Gasteiger partial charge in [0.25, 0.3) is 0 Å². The van der Waals surface area contributed by atoms with Crippen LogP contribution in [0.4, 0.5) is 5.82 Å². The van der Waals surface area contributed by atoms with Crippen molar-refractivity contribution >= 4 is 5.82 Å². The molecule has 1 aromatic heterocycles.